The number of amides is 1. The van der Waals surface area contributed by atoms with Crippen molar-refractivity contribution in [3.8, 4) is 5.75 Å². The van der Waals surface area contributed by atoms with Crippen molar-refractivity contribution in [2.45, 2.75) is 26.4 Å². The summed E-state index contributed by atoms with van der Waals surface area (Å²) in [5.41, 5.74) is 1.88. The van der Waals surface area contributed by atoms with E-state index >= 15 is 0 Å². The molecule has 0 aliphatic carbocycles. The molecular weight excluding hydrogens is 322 g/mol. The zero-order chi connectivity index (χ0) is 14.3. The van der Waals surface area contributed by atoms with Gasteiger partial charge in [-0.2, -0.15) is 5.10 Å². The van der Waals surface area contributed by atoms with Crippen LogP contribution in [0.4, 0.5) is 0 Å². The molecule has 6 heteroatoms. The van der Waals surface area contributed by atoms with Crippen molar-refractivity contribution in [1.82, 2.24) is 14.9 Å². The Bertz CT molecular complexity index is 668. The predicted molar refractivity (Wildman–Crippen MR) is 78.8 cm³/mol. The lowest BCUT2D eigenvalue weighted by molar-refractivity contribution is -0.119. The molecule has 0 radical (unpaired) electrons. The molecule has 0 saturated carbocycles. The van der Waals surface area contributed by atoms with E-state index in [1.807, 2.05) is 32.2 Å². The van der Waals surface area contributed by atoms with E-state index < -0.39 is 0 Å². The van der Waals surface area contributed by atoms with Gasteiger partial charge < -0.3 is 10.1 Å². The number of nitrogens with zero attached hydrogens (tertiary/aromatic N) is 2. The van der Waals surface area contributed by atoms with Crippen LogP contribution in [0, 0.1) is 12.8 Å². The van der Waals surface area contributed by atoms with Gasteiger partial charge in [-0.1, -0.05) is 0 Å². The van der Waals surface area contributed by atoms with Gasteiger partial charge in [-0.15, -0.1) is 0 Å². The maximum Gasteiger partial charge on any atom is 0.220 e. The average Bonchev–Trinajstić information content (AvgIpc) is 2.94. The molecule has 5 nitrogen and oxygen atoms in total. The molecule has 1 amide bonds. The number of carbonyl (C=O) groups excluding carboxylic acids is 1. The summed E-state index contributed by atoms with van der Waals surface area (Å²) in [4.78, 5) is 11.3. The molecule has 1 saturated heterocycles. The molecular formula is C14H16BrN3O2. The zero-order valence-corrected chi connectivity index (χ0v) is 13.0. The first-order valence-corrected chi connectivity index (χ1v) is 7.41. The molecule has 2 atom stereocenters. The van der Waals surface area contributed by atoms with E-state index in [9.17, 15) is 4.79 Å². The second-order valence-electron chi connectivity index (χ2n) is 5.23. The Labute approximate surface area is 125 Å². The fraction of sp³-hybridized carbons (Fsp3) is 0.429. The van der Waals surface area contributed by atoms with Crippen LogP contribution in [0.25, 0.3) is 5.52 Å². The minimum absolute atomic E-state index is 0.0257. The van der Waals surface area contributed by atoms with E-state index in [0.29, 0.717) is 13.0 Å². The van der Waals surface area contributed by atoms with Crippen LogP contribution in [0.1, 0.15) is 19.0 Å². The van der Waals surface area contributed by atoms with Gasteiger partial charge in [-0.3, -0.25) is 4.79 Å². The van der Waals surface area contributed by atoms with Gasteiger partial charge >= 0.3 is 0 Å². The number of hydrogen-bond acceptors (Lipinski definition) is 3. The molecule has 3 heterocycles. The van der Waals surface area contributed by atoms with Gasteiger partial charge in [0.15, 0.2) is 0 Å². The van der Waals surface area contributed by atoms with Crippen LogP contribution in [0.3, 0.4) is 0 Å². The third kappa shape index (κ3) is 2.52. The third-order valence-corrected chi connectivity index (χ3v) is 4.04. The summed E-state index contributed by atoms with van der Waals surface area (Å²) in [7, 11) is 0. The average molecular weight is 338 g/mol. The second kappa shape index (κ2) is 5.09. The zero-order valence-electron chi connectivity index (χ0n) is 11.4. The monoisotopic (exact) mass is 337 g/mol. The molecule has 1 aliphatic rings. The van der Waals surface area contributed by atoms with Gasteiger partial charge in [0.2, 0.25) is 5.91 Å². The molecule has 106 valence electrons. The normalized spacial score (nSPS) is 20.1. The van der Waals surface area contributed by atoms with Crippen molar-refractivity contribution in [3.05, 3.63) is 28.5 Å². The van der Waals surface area contributed by atoms with Crippen molar-refractivity contribution in [2.75, 3.05) is 6.54 Å². The Morgan fingerprint density at radius 3 is 3.05 bits per heavy atom. The first kappa shape index (κ1) is 13.4. The lowest BCUT2D eigenvalue weighted by Crippen LogP contribution is -2.25. The van der Waals surface area contributed by atoms with Gasteiger partial charge in [0.1, 0.15) is 17.4 Å². The highest BCUT2D eigenvalue weighted by Crippen LogP contribution is 2.28. The van der Waals surface area contributed by atoms with Crippen molar-refractivity contribution >= 4 is 27.4 Å². The summed E-state index contributed by atoms with van der Waals surface area (Å²) in [6.45, 7) is 4.64. The minimum Gasteiger partial charge on any atom is -0.488 e. The van der Waals surface area contributed by atoms with Crippen molar-refractivity contribution in [2.24, 2.45) is 5.92 Å². The van der Waals surface area contributed by atoms with Gasteiger partial charge in [-0.05, 0) is 41.9 Å². The van der Waals surface area contributed by atoms with Crippen molar-refractivity contribution < 1.29 is 9.53 Å². The lowest BCUT2D eigenvalue weighted by Gasteiger charge is -2.20. The van der Waals surface area contributed by atoms with Crippen LogP contribution in [0.5, 0.6) is 5.75 Å². The predicted octanol–water partition coefficient (Wildman–Crippen LogP) is 2.31. The van der Waals surface area contributed by atoms with Crippen LogP contribution in [-0.2, 0) is 4.79 Å². The molecule has 1 fully saturated rings. The van der Waals surface area contributed by atoms with Gasteiger partial charge in [0.25, 0.3) is 0 Å². The van der Waals surface area contributed by atoms with Crippen molar-refractivity contribution in [1.29, 1.82) is 0 Å². The summed E-state index contributed by atoms with van der Waals surface area (Å²) in [5.74, 6) is 1.10. The smallest absolute Gasteiger partial charge is 0.220 e. The molecule has 3 rings (SSSR count). The van der Waals surface area contributed by atoms with Gasteiger partial charge in [-0.25, -0.2) is 4.52 Å². The number of pyridine rings is 1. The maximum atomic E-state index is 11.3. The SMILES string of the molecule is Cc1cc2c(OC(C)C3CNC(=O)C3)cc(Br)cn2n1. The Morgan fingerprint density at radius 2 is 2.35 bits per heavy atom. The van der Waals surface area contributed by atoms with Crippen LogP contribution >= 0.6 is 15.9 Å². The van der Waals surface area contributed by atoms with E-state index in [1.54, 1.807) is 4.52 Å². The minimum atomic E-state index is -0.0257. The molecule has 2 aromatic heterocycles. The summed E-state index contributed by atoms with van der Waals surface area (Å²) >= 11 is 3.47. The quantitative estimate of drug-likeness (QED) is 0.934. The van der Waals surface area contributed by atoms with E-state index in [0.717, 1.165) is 21.4 Å². The summed E-state index contributed by atoms with van der Waals surface area (Å²) in [6.07, 6.45) is 2.41. The topological polar surface area (TPSA) is 55.6 Å². The molecule has 1 aliphatic heterocycles. The standard InChI is InChI=1S/C14H16BrN3O2/c1-8-3-12-13(5-11(15)7-18(12)17-8)20-9(2)10-4-14(19)16-6-10/h3,5,7,9-10H,4,6H2,1-2H3,(H,16,19). The fourth-order valence-electron chi connectivity index (χ4n) is 2.50. The number of aromatic nitrogens is 2. The Balaban J connectivity index is 1.88. The number of nitrogens with one attached hydrogen (secondary N) is 1. The molecule has 2 aromatic rings. The van der Waals surface area contributed by atoms with Crippen LogP contribution < -0.4 is 10.1 Å². The van der Waals surface area contributed by atoms with Gasteiger partial charge in [0, 0.05) is 29.6 Å². The summed E-state index contributed by atoms with van der Waals surface area (Å²) in [5, 5.41) is 7.23. The lowest BCUT2D eigenvalue weighted by atomic mass is 10.0. The van der Waals surface area contributed by atoms with E-state index in [1.165, 1.54) is 0 Å². The first-order chi connectivity index (χ1) is 9.52. The Morgan fingerprint density at radius 1 is 1.55 bits per heavy atom. The van der Waals surface area contributed by atoms with E-state index in [-0.39, 0.29) is 17.9 Å². The first-order valence-electron chi connectivity index (χ1n) is 6.62. The second-order valence-corrected chi connectivity index (χ2v) is 6.15. The highest BCUT2D eigenvalue weighted by Gasteiger charge is 2.28. The van der Waals surface area contributed by atoms with Crippen LogP contribution in [0.15, 0.2) is 22.8 Å². The Kier molecular flexibility index (Phi) is 3.41. The summed E-state index contributed by atoms with van der Waals surface area (Å²) < 4.78 is 8.79. The van der Waals surface area contributed by atoms with E-state index in [4.69, 9.17) is 4.74 Å². The molecule has 0 aromatic carbocycles. The van der Waals surface area contributed by atoms with Crippen LogP contribution in [0.2, 0.25) is 0 Å². The largest absolute Gasteiger partial charge is 0.488 e. The molecule has 0 bridgehead atoms. The summed E-state index contributed by atoms with van der Waals surface area (Å²) in [6, 6.07) is 3.93. The number of fused-ring (bicyclic) bond motifs is 1. The number of rotatable bonds is 3. The highest BCUT2D eigenvalue weighted by atomic mass is 79.9. The fourth-order valence-corrected chi connectivity index (χ4v) is 2.90. The third-order valence-electron chi connectivity index (χ3n) is 3.61. The van der Waals surface area contributed by atoms with Crippen LogP contribution in [-0.4, -0.2) is 28.2 Å². The maximum absolute atomic E-state index is 11.3. The molecule has 1 N–H and O–H groups in total. The molecule has 0 spiro atoms. The number of carbonyl (C=O) groups is 1. The number of halogens is 1. The molecule has 20 heavy (non-hydrogen) atoms. The highest BCUT2D eigenvalue weighted by molar-refractivity contribution is 9.10. The number of hydrogen-bond donors (Lipinski definition) is 1. The van der Waals surface area contributed by atoms with E-state index in [2.05, 4.69) is 26.3 Å². The van der Waals surface area contributed by atoms with Crippen molar-refractivity contribution in [3.63, 3.8) is 0 Å². The number of aryl methyl sites for hydroxylation is 1. The number of ether oxygens (including phenoxy) is 1. The van der Waals surface area contributed by atoms with Gasteiger partial charge in [0.05, 0.1) is 5.69 Å². The Hall–Kier alpha value is -1.56. The molecule has 2 unspecified atom stereocenters.